The molecule has 0 aliphatic carbocycles. The van der Waals surface area contributed by atoms with Crippen LogP contribution in [0.25, 0.3) is 11.0 Å². The summed E-state index contributed by atoms with van der Waals surface area (Å²) in [6.07, 6.45) is 3.81. The number of aryl methyl sites for hydroxylation is 1. The van der Waals surface area contributed by atoms with E-state index in [1.807, 2.05) is 19.4 Å². The van der Waals surface area contributed by atoms with Gasteiger partial charge in [0.1, 0.15) is 5.52 Å². The third-order valence-electron chi connectivity index (χ3n) is 3.38. The van der Waals surface area contributed by atoms with Gasteiger partial charge in [0.25, 0.3) is 0 Å². The van der Waals surface area contributed by atoms with Crippen molar-refractivity contribution in [2.75, 3.05) is 19.6 Å². The first-order valence-electron chi connectivity index (χ1n) is 5.79. The summed E-state index contributed by atoms with van der Waals surface area (Å²) in [5.41, 5.74) is 3.27. The number of pyridine rings is 1. The quantitative estimate of drug-likeness (QED) is 0.765. The molecule has 4 heteroatoms. The van der Waals surface area contributed by atoms with Crippen molar-refractivity contribution in [3.8, 4) is 0 Å². The van der Waals surface area contributed by atoms with Crippen molar-refractivity contribution in [2.45, 2.75) is 19.9 Å². The predicted molar refractivity (Wildman–Crippen MR) is 63.4 cm³/mol. The molecule has 0 spiro atoms. The van der Waals surface area contributed by atoms with Crippen LogP contribution in [0.1, 0.15) is 18.7 Å². The molecule has 0 bridgehead atoms. The normalized spacial score (nSPS) is 17.9. The molecule has 2 aromatic heterocycles. The predicted octanol–water partition coefficient (Wildman–Crippen LogP) is 1.62. The lowest BCUT2D eigenvalue weighted by Gasteiger charge is -2.39. The highest BCUT2D eigenvalue weighted by Crippen LogP contribution is 2.25. The van der Waals surface area contributed by atoms with E-state index in [-0.39, 0.29) is 0 Å². The molecule has 4 nitrogen and oxygen atoms in total. The standard InChI is InChI=1S/C12H16N4/c1-3-15-6-10(7-15)16-8-14-11-5-13-9(2)4-12(11)16/h4-5,8,10H,3,6-7H2,1-2H3. The monoisotopic (exact) mass is 216 g/mol. The van der Waals surface area contributed by atoms with Crippen LogP contribution in [-0.4, -0.2) is 39.1 Å². The SMILES string of the molecule is CCN1CC(n2cnc3cnc(C)cc32)C1. The van der Waals surface area contributed by atoms with Gasteiger partial charge < -0.3 is 4.57 Å². The molecule has 3 heterocycles. The molecule has 0 N–H and O–H groups in total. The molecule has 0 amide bonds. The Bertz CT molecular complexity index is 511. The first-order valence-corrected chi connectivity index (χ1v) is 5.79. The van der Waals surface area contributed by atoms with Crippen molar-refractivity contribution in [3.63, 3.8) is 0 Å². The molecule has 1 aliphatic heterocycles. The number of likely N-dealkylation sites (tertiary alicyclic amines) is 1. The third kappa shape index (κ3) is 1.41. The van der Waals surface area contributed by atoms with E-state index in [0.29, 0.717) is 6.04 Å². The van der Waals surface area contributed by atoms with Gasteiger partial charge in [0.15, 0.2) is 0 Å². The van der Waals surface area contributed by atoms with Crippen LogP contribution in [0.5, 0.6) is 0 Å². The van der Waals surface area contributed by atoms with E-state index < -0.39 is 0 Å². The van der Waals surface area contributed by atoms with E-state index in [0.717, 1.165) is 30.8 Å². The van der Waals surface area contributed by atoms with Crippen molar-refractivity contribution < 1.29 is 0 Å². The van der Waals surface area contributed by atoms with Crippen LogP contribution in [0, 0.1) is 6.92 Å². The first kappa shape index (κ1) is 9.78. The van der Waals surface area contributed by atoms with Gasteiger partial charge in [-0.2, -0.15) is 0 Å². The van der Waals surface area contributed by atoms with Gasteiger partial charge in [-0.05, 0) is 19.5 Å². The third-order valence-corrected chi connectivity index (χ3v) is 3.38. The van der Waals surface area contributed by atoms with Gasteiger partial charge in [0.05, 0.1) is 24.1 Å². The van der Waals surface area contributed by atoms with Crippen molar-refractivity contribution in [2.24, 2.45) is 0 Å². The van der Waals surface area contributed by atoms with Crippen LogP contribution in [0.4, 0.5) is 0 Å². The van der Waals surface area contributed by atoms with Crippen LogP contribution in [0.2, 0.25) is 0 Å². The van der Waals surface area contributed by atoms with Crippen LogP contribution >= 0.6 is 0 Å². The van der Waals surface area contributed by atoms with Crippen LogP contribution < -0.4 is 0 Å². The van der Waals surface area contributed by atoms with Crippen molar-refractivity contribution in [1.29, 1.82) is 0 Å². The number of nitrogens with zero attached hydrogens (tertiary/aromatic N) is 4. The summed E-state index contributed by atoms with van der Waals surface area (Å²) in [5.74, 6) is 0. The van der Waals surface area contributed by atoms with Crippen LogP contribution in [-0.2, 0) is 0 Å². The largest absolute Gasteiger partial charge is 0.325 e. The number of rotatable bonds is 2. The molecular weight excluding hydrogens is 200 g/mol. The molecule has 0 unspecified atom stereocenters. The molecule has 0 atom stereocenters. The van der Waals surface area contributed by atoms with E-state index >= 15 is 0 Å². The Morgan fingerprint density at radius 1 is 1.38 bits per heavy atom. The fraction of sp³-hybridized carbons (Fsp3) is 0.500. The second-order valence-corrected chi connectivity index (χ2v) is 4.47. The highest BCUT2D eigenvalue weighted by atomic mass is 15.3. The van der Waals surface area contributed by atoms with Gasteiger partial charge in [-0.25, -0.2) is 4.98 Å². The summed E-state index contributed by atoms with van der Waals surface area (Å²) < 4.78 is 2.29. The van der Waals surface area contributed by atoms with E-state index in [1.54, 1.807) is 0 Å². The molecule has 1 fully saturated rings. The summed E-state index contributed by atoms with van der Waals surface area (Å²) in [7, 11) is 0. The number of hydrogen-bond acceptors (Lipinski definition) is 3. The van der Waals surface area contributed by atoms with Crippen molar-refractivity contribution in [3.05, 3.63) is 24.3 Å². The van der Waals surface area contributed by atoms with Crippen LogP contribution in [0.15, 0.2) is 18.6 Å². The Labute approximate surface area is 94.9 Å². The average molecular weight is 216 g/mol. The zero-order valence-corrected chi connectivity index (χ0v) is 9.72. The minimum atomic E-state index is 0.590. The van der Waals surface area contributed by atoms with Gasteiger partial charge in [-0.3, -0.25) is 9.88 Å². The summed E-state index contributed by atoms with van der Waals surface area (Å²) in [5, 5.41) is 0. The molecule has 2 aromatic rings. The molecule has 84 valence electrons. The maximum absolute atomic E-state index is 4.40. The van der Waals surface area contributed by atoms with Gasteiger partial charge in [0, 0.05) is 18.8 Å². The average Bonchev–Trinajstić information content (AvgIpc) is 2.60. The zero-order chi connectivity index (χ0) is 11.1. The summed E-state index contributed by atoms with van der Waals surface area (Å²) in [6.45, 7) is 7.66. The second-order valence-electron chi connectivity index (χ2n) is 4.47. The number of likely N-dealkylation sites (N-methyl/N-ethyl adjacent to an activating group) is 1. The minimum absolute atomic E-state index is 0.590. The lowest BCUT2D eigenvalue weighted by molar-refractivity contribution is 0.117. The number of aromatic nitrogens is 3. The Morgan fingerprint density at radius 3 is 2.94 bits per heavy atom. The number of hydrogen-bond donors (Lipinski definition) is 0. The Morgan fingerprint density at radius 2 is 2.19 bits per heavy atom. The maximum atomic E-state index is 4.40. The number of imidazole rings is 1. The van der Waals surface area contributed by atoms with Crippen LogP contribution in [0.3, 0.4) is 0 Å². The Kier molecular flexibility index (Phi) is 2.17. The summed E-state index contributed by atoms with van der Waals surface area (Å²) >= 11 is 0. The van der Waals surface area contributed by atoms with Crippen molar-refractivity contribution in [1.82, 2.24) is 19.4 Å². The number of fused-ring (bicyclic) bond motifs is 1. The Balaban J connectivity index is 1.96. The molecule has 0 saturated carbocycles. The molecule has 0 radical (unpaired) electrons. The lowest BCUT2D eigenvalue weighted by Crippen LogP contribution is -2.47. The van der Waals surface area contributed by atoms with Gasteiger partial charge >= 0.3 is 0 Å². The minimum Gasteiger partial charge on any atom is -0.325 e. The van der Waals surface area contributed by atoms with E-state index in [9.17, 15) is 0 Å². The zero-order valence-electron chi connectivity index (χ0n) is 9.72. The molecule has 1 saturated heterocycles. The fourth-order valence-electron chi connectivity index (χ4n) is 2.30. The topological polar surface area (TPSA) is 34.0 Å². The summed E-state index contributed by atoms with van der Waals surface area (Å²) in [4.78, 5) is 11.1. The molecule has 3 rings (SSSR count). The maximum Gasteiger partial charge on any atom is 0.107 e. The Hall–Kier alpha value is -1.42. The molecular formula is C12H16N4. The molecule has 0 aromatic carbocycles. The van der Waals surface area contributed by atoms with E-state index in [4.69, 9.17) is 0 Å². The highest BCUT2D eigenvalue weighted by Gasteiger charge is 2.27. The summed E-state index contributed by atoms with van der Waals surface area (Å²) in [6, 6.07) is 2.71. The van der Waals surface area contributed by atoms with E-state index in [1.165, 1.54) is 5.52 Å². The lowest BCUT2D eigenvalue weighted by atomic mass is 10.1. The fourth-order valence-corrected chi connectivity index (χ4v) is 2.30. The first-order chi connectivity index (χ1) is 7.78. The highest BCUT2D eigenvalue weighted by molar-refractivity contribution is 5.74. The van der Waals surface area contributed by atoms with Gasteiger partial charge in [-0.1, -0.05) is 6.92 Å². The molecule has 1 aliphatic rings. The van der Waals surface area contributed by atoms with Gasteiger partial charge in [0.2, 0.25) is 0 Å². The second kappa shape index (κ2) is 3.56. The van der Waals surface area contributed by atoms with Gasteiger partial charge in [-0.15, -0.1) is 0 Å². The van der Waals surface area contributed by atoms with E-state index in [2.05, 4.69) is 32.4 Å². The molecule has 16 heavy (non-hydrogen) atoms. The van der Waals surface area contributed by atoms with Crippen molar-refractivity contribution >= 4 is 11.0 Å². The smallest absolute Gasteiger partial charge is 0.107 e.